The fourth-order valence-electron chi connectivity index (χ4n) is 3.36. The van der Waals surface area contributed by atoms with Gasteiger partial charge in [-0.15, -0.1) is 0 Å². The molecule has 1 atom stereocenters. The standard InChI is InChI=1S/C21H22N4O3/c1-24-20(26)13-18(15-6-8-22-9-7-15)23-21(24)25-10-11-28-19(14-25)16-4-3-5-17(12-16)27-2/h3-9,12-13,19H,10-11,14H2,1-2H3/t19-/m0/s1. The van der Waals surface area contributed by atoms with Gasteiger partial charge < -0.3 is 14.4 Å². The first kappa shape index (κ1) is 18.2. The number of nitrogens with zero attached hydrogens (tertiary/aromatic N) is 4. The first-order valence-corrected chi connectivity index (χ1v) is 9.14. The minimum absolute atomic E-state index is 0.0961. The fraction of sp³-hybridized carbons (Fsp3) is 0.286. The van der Waals surface area contributed by atoms with E-state index in [-0.39, 0.29) is 11.7 Å². The molecule has 1 saturated heterocycles. The van der Waals surface area contributed by atoms with Crippen molar-refractivity contribution in [2.45, 2.75) is 6.10 Å². The number of rotatable bonds is 4. The summed E-state index contributed by atoms with van der Waals surface area (Å²) in [5.74, 6) is 1.43. The van der Waals surface area contributed by atoms with E-state index in [0.717, 1.165) is 16.9 Å². The monoisotopic (exact) mass is 378 g/mol. The number of anilines is 1. The van der Waals surface area contributed by atoms with Gasteiger partial charge in [0.2, 0.25) is 5.95 Å². The largest absolute Gasteiger partial charge is 0.497 e. The van der Waals surface area contributed by atoms with Crippen LogP contribution in [0.5, 0.6) is 5.75 Å². The van der Waals surface area contributed by atoms with E-state index < -0.39 is 0 Å². The van der Waals surface area contributed by atoms with Gasteiger partial charge in [0.1, 0.15) is 11.9 Å². The summed E-state index contributed by atoms with van der Waals surface area (Å²) in [5.41, 5.74) is 2.46. The zero-order valence-electron chi connectivity index (χ0n) is 15.9. The maximum absolute atomic E-state index is 12.5. The lowest BCUT2D eigenvalue weighted by Crippen LogP contribution is -2.41. The molecular formula is C21H22N4O3. The zero-order valence-corrected chi connectivity index (χ0v) is 15.9. The predicted octanol–water partition coefficient (Wildman–Crippen LogP) is 2.43. The van der Waals surface area contributed by atoms with E-state index in [4.69, 9.17) is 14.5 Å². The van der Waals surface area contributed by atoms with E-state index in [1.54, 1.807) is 37.2 Å². The molecule has 2 aromatic heterocycles. The molecule has 0 bridgehead atoms. The molecule has 4 rings (SSSR count). The van der Waals surface area contributed by atoms with Crippen molar-refractivity contribution in [3.05, 3.63) is 70.8 Å². The Morgan fingerprint density at radius 3 is 2.79 bits per heavy atom. The summed E-state index contributed by atoms with van der Waals surface area (Å²) >= 11 is 0. The average Bonchev–Trinajstić information content (AvgIpc) is 2.76. The molecule has 1 fully saturated rings. The van der Waals surface area contributed by atoms with Crippen molar-refractivity contribution < 1.29 is 9.47 Å². The van der Waals surface area contributed by atoms with E-state index in [2.05, 4.69) is 9.88 Å². The third-order valence-electron chi connectivity index (χ3n) is 4.90. The van der Waals surface area contributed by atoms with E-state index in [0.29, 0.717) is 31.3 Å². The van der Waals surface area contributed by atoms with Crippen molar-refractivity contribution >= 4 is 5.95 Å². The van der Waals surface area contributed by atoms with E-state index >= 15 is 0 Å². The number of hydrogen-bond donors (Lipinski definition) is 0. The SMILES string of the molecule is COc1cccc([C@@H]2CN(c3nc(-c4ccncc4)cc(=O)n3C)CCO2)c1. The Morgan fingerprint density at radius 2 is 2.00 bits per heavy atom. The van der Waals surface area contributed by atoms with Crippen LogP contribution >= 0.6 is 0 Å². The Bertz CT molecular complexity index is 1020. The average molecular weight is 378 g/mol. The number of aromatic nitrogens is 3. The summed E-state index contributed by atoms with van der Waals surface area (Å²) in [7, 11) is 3.40. The van der Waals surface area contributed by atoms with Crippen molar-refractivity contribution in [1.29, 1.82) is 0 Å². The van der Waals surface area contributed by atoms with Gasteiger partial charge in [-0.1, -0.05) is 12.1 Å². The van der Waals surface area contributed by atoms with Crippen molar-refractivity contribution in [2.24, 2.45) is 7.05 Å². The van der Waals surface area contributed by atoms with Gasteiger partial charge in [0, 0.05) is 37.6 Å². The molecule has 7 heteroatoms. The number of ether oxygens (including phenoxy) is 2. The molecule has 0 unspecified atom stereocenters. The molecule has 3 aromatic rings. The molecule has 0 amide bonds. The highest BCUT2D eigenvalue weighted by molar-refractivity contribution is 5.59. The molecule has 144 valence electrons. The molecular weight excluding hydrogens is 356 g/mol. The summed E-state index contributed by atoms with van der Waals surface area (Å²) in [4.78, 5) is 23.4. The van der Waals surface area contributed by atoms with Gasteiger partial charge in [0.15, 0.2) is 0 Å². The number of pyridine rings is 1. The molecule has 1 aliphatic rings. The predicted molar refractivity (Wildman–Crippen MR) is 107 cm³/mol. The lowest BCUT2D eigenvalue weighted by atomic mass is 10.1. The number of morpholine rings is 1. The first-order valence-electron chi connectivity index (χ1n) is 9.14. The maximum Gasteiger partial charge on any atom is 0.255 e. The third kappa shape index (κ3) is 3.61. The molecule has 0 N–H and O–H groups in total. The van der Waals surface area contributed by atoms with Crippen LogP contribution in [-0.4, -0.2) is 41.3 Å². The summed E-state index contributed by atoms with van der Waals surface area (Å²) in [6, 6.07) is 13.1. The van der Waals surface area contributed by atoms with Crippen molar-refractivity contribution in [2.75, 3.05) is 31.7 Å². The lowest BCUT2D eigenvalue weighted by Gasteiger charge is -2.34. The van der Waals surface area contributed by atoms with Gasteiger partial charge in [-0.3, -0.25) is 14.3 Å². The van der Waals surface area contributed by atoms with E-state index in [9.17, 15) is 4.79 Å². The molecule has 7 nitrogen and oxygen atoms in total. The highest BCUT2D eigenvalue weighted by atomic mass is 16.5. The second-order valence-electron chi connectivity index (χ2n) is 6.66. The zero-order chi connectivity index (χ0) is 19.5. The number of methoxy groups -OCH3 is 1. The first-order chi connectivity index (χ1) is 13.7. The van der Waals surface area contributed by atoms with Crippen LogP contribution in [0.4, 0.5) is 5.95 Å². The number of hydrogen-bond acceptors (Lipinski definition) is 6. The van der Waals surface area contributed by atoms with Crippen LogP contribution in [-0.2, 0) is 11.8 Å². The van der Waals surface area contributed by atoms with Crippen molar-refractivity contribution in [1.82, 2.24) is 14.5 Å². The fourth-order valence-corrected chi connectivity index (χ4v) is 3.36. The summed E-state index contributed by atoms with van der Waals surface area (Å²) in [6.07, 6.45) is 3.27. The minimum atomic E-state index is -0.120. The minimum Gasteiger partial charge on any atom is -0.497 e. The maximum atomic E-state index is 12.5. The Balaban J connectivity index is 1.66. The molecule has 3 heterocycles. The van der Waals surface area contributed by atoms with Crippen LogP contribution in [0.2, 0.25) is 0 Å². The van der Waals surface area contributed by atoms with Crippen molar-refractivity contribution in [3.63, 3.8) is 0 Å². The van der Waals surface area contributed by atoms with Crippen LogP contribution < -0.4 is 15.2 Å². The summed E-state index contributed by atoms with van der Waals surface area (Å²) in [5, 5.41) is 0. The Kier molecular flexibility index (Phi) is 5.08. The van der Waals surface area contributed by atoms with Gasteiger partial charge in [-0.05, 0) is 29.8 Å². The highest BCUT2D eigenvalue weighted by Crippen LogP contribution is 2.27. The van der Waals surface area contributed by atoms with Gasteiger partial charge in [-0.25, -0.2) is 4.98 Å². The Hall–Kier alpha value is -3.19. The Morgan fingerprint density at radius 1 is 1.18 bits per heavy atom. The second kappa shape index (κ2) is 7.82. The second-order valence-corrected chi connectivity index (χ2v) is 6.66. The van der Waals surface area contributed by atoms with Gasteiger partial charge >= 0.3 is 0 Å². The quantitative estimate of drug-likeness (QED) is 0.695. The van der Waals surface area contributed by atoms with Crippen LogP contribution in [0.1, 0.15) is 11.7 Å². The van der Waals surface area contributed by atoms with Crippen LogP contribution in [0, 0.1) is 0 Å². The van der Waals surface area contributed by atoms with E-state index in [1.807, 2.05) is 36.4 Å². The van der Waals surface area contributed by atoms with Gasteiger partial charge in [0.25, 0.3) is 5.56 Å². The summed E-state index contributed by atoms with van der Waals surface area (Å²) in [6.45, 7) is 1.82. The molecule has 0 radical (unpaired) electrons. The topological polar surface area (TPSA) is 69.5 Å². The molecule has 0 aliphatic carbocycles. The van der Waals surface area contributed by atoms with Crippen LogP contribution in [0.3, 0.4) is 0 Å². The molecule has 28 heavy (non-hydrogen) atoms. The van der Waals surface area contributed by atoms with Crippen molar-refractivity contribution in [3.8, 4) is 17.0 Å². The van der Waals surface area contributed by atoms with Crippen LogP contribution in [0.15, 0.2) is 59.7 Å². The van der Waals surface area contributed by atoms with Crippen LogP contribution in [0.25, 0.3) is 11.3 Å². The lowest BCUT2D eigenvalue weighted by molar-refractivity contribution is 0.0388. The Labute approximate surface area is 163 Å². The highest BCUT2D eigenvalue weighted by Gasteiger charge is 2.25. The number of benzene rings is 1. The van der Waals surface area contributed by atoms with Gasteiger partial charge in [0.05, 0.1) is 26.0 Å². The van der Waals surface area contributed by atoms with E-state index in [1.165, 1.54) is 0 Å². The van der Waals surface area contributed by atoms with Gasteiger partial charge in [-0.2, -0.15) is 0 Å². The summed E-state index contributed by atoms with van der Waals surface area (Å²) < 4.78 is 12.9. The molecule has 1 aliphatic heterocycles. The normalized spacial score (nSPS) is 16.8. The molecule has 0 spiro atoms. The smallest absolute Gasteiger partial charge is 0.255 e. The third-order valence-corrected chi connectivity index (χ3v) is 4.90. The molecule has 0 saturated carbocycles. The molecule has 1 aromatic carbocycles.